The maximum absolute atomic E-state index is 5.69. The number of fused-ring (bicyclic) bond motifs is 1. The monoisotopic (exact) mass is 459 g/mol. The molecule has 0 aliphatic heterocycles. The summed E-state index contributed by atoms with van der Waals surface area (Å²) >= 11 is 0. The van der Waals surface area contributed by atoms with Gasteiger partial charge in [-0.3, -0.25) is 0 Å². The van der Waals surface area contributed by atoms with Gasteiger partial charge in [0, 0.05) is 32.1 Å². The summed E-state index contributed by atoms with van der Waals surface area (Å²) in [4.78, 5) is 11.6. The second kappa shape index (κ2) is 12.5. The van der Waals surface area contributed by atoms with Crippen molar-refractivity contribution in [1.82, 2.24) is 15.3 Å². The van der Waals surface area contributed by atoms with Crippen LogP contribution in [-0.4, -0.2) is 49.8 Å². The lowest BCUT2D eigenvalue weighted by Crippen LogP contribution is -2.32. The van der Waals surface area contributed by atoms with Gasteiger partial charge in [-0.25, -0.2) is 4.98 Å². The second-order valence-electron chi connectivity index (χ2n) is 9.27. The van der Waals surface area contributed by atoms with Crippen LogP contribution in [0.4, 0.5) is 11.8 Å². The van der Waals surface area contributed by atoms with Crippen molar-refractivity contribution in [2.24, 2.45) is 5.92 Å². The van der Waals surface area contributed by atoms with Crippen LogP contribution < -0.4 is 15.5 Å². The first-order valence-corrected chi connectivity index (χ1v) is 12.4. The molecular weight excluding hydrogens is 422 g/mol. The quantitative estimate of drug-likeness (QED) is 0.310. The fraction of sp³-hybridized carbons (Fsp3) is 0.429. The van der Waals surface area contributed by atoms with Gasteiger partial charge in [0.1, 0.15) is 5.82 Å². The van der Waals surface area contributed by atoms with E-state index in [2.05, 4.69) is 52.0 Å². The molecule has 0 spiro atoms. The Labute approximate surface area is 203 Å². The molecule has 0 amide bonds. The summed E-state index contributed by atoms with van der Waals surface area (Å²) in [5.74, 6) is 2.43. The Hall–Kier alpha value is -2.96. The summed E-state index contributed by atoms with van der Waals surface area (Å²) in [7, 11) is 4.06. The van der Waals surface area contributed by atoms with E-state index in [0.29, 0.717) is 19.3 Å². The minimum absolute atomic E-state index is 0.439. The van der Waals surface area contributed by atoms with Crippen molar-refractivity contribution in [2.45, 2.75) is 38.3 Å². The van der Waals surface area contributed by atoms with E-state index in [1.54, 1.807) is 0 Å². The number of benzene rings is 2. The number of hydrogen-bond acceptors (Lipinski definition) is 6. The van der Waals surface area contributed by atoms with Gasteiger partial charge in [0.05, 0.1) is 18.7 Å². The predicted octanol–water partition coefficient (Wildman–Crippen LogP) is 5.03. The highest BCUT2D eigenvalue weighted by Gasteiger charge is 2.22. The number of nitrogens with zero attached hydrogens (tertiary/aromatic N) is 3. The summed E-state index contributed by atoms with van der Waals surface area (Å²) in [6, 6.07) is 18.9. The van der Waals surface area contributed by atoms with Gasteiger partial charge in [-0.05, 0) is 55.8 Å². The fourth-order valence-electron chi connectivity index (χ4n) is 4.50. The molecule has 3 aromatic rings. The van der Waals surface area contributed by atoms with E-state index < -0.39 is 0 Å². The largest absolute Gasteiger partial charge is 0.373 e. The van der Waals surface area contributed by atoms with Crippen LogP contribution >= 0.6 is 0 Å². The molecule has 0 atom stereocenters. The smallest absolute Gasteiger partial charge is 0.225 e. The molecule has 0 unspecified atom stereocenters. The Kier molecular flexibility index (Phi) is 8.88. The fourth-order valence-corrected chi connectivity index (χ4v) is 4.50. The number of nitrogens with one attached hydrogen (secondary N) is 2. The molecule has 1 aromatic heterocycles. The van der Waals surface area contributed by atoms with Gasteiger partial charge in [0.2, 0.25) is 5.95 Å². The Morgan fingerprint density at radius 1 is 0.941 bits per heavy atom. The van der Waals surface area contributed by atoms with Crippen LogP contribution in [0.3, 0.4) is 0 Å². The first-order chi connectivity index (χ1) is 16.7. The number of aromatic nitrogens is 2. The van der Waals surface area contributed by atoms with E-state index in [9.17, 15) is 0 Å². The number of ether oxygens (including phenoxy) is 1. The molecule has 6 nitrogen and oxygen atoms in total. The Morgan fingerprint density at radius 3 is 2.50 bits per heavy atom. The summed E-state index contributed by atoms with van der Waals surface area (Å²) in [5, 5.41) is 8.27. The predicted molar refractivity (Wildman–Crippen MR) is 141 cm³/mol. The molecule has 180 valence electrons. The van der Waals surface area contributed by atoms with Crippen LogP contribution in [0.15, 0.2) is 66.7 Å². The molecule has 0 saturated heterocycles. The van der Waals surface area contributed by atoms with Crippen LogP contribution in [0.1, 0.15) is 31.2 Å². The first kappa shape index (κ1) is 24.2. The third kappa shape index (κ3) is 7.02. The minimum atomic E-state index is 0.439. The maximum Gasteiger partial charge on any atom is 0.225 e. The lowest BCUT2D eigenvalue weighted by molar-refractivity contribution is 0.148. The molecule has 0 radical (unpaired) electrons. The van der Waals surface area contributed by atoms with Gasteiger partial charge in [-0.2, -0.15) is 4.98 Å². The van der Waals surface area contributed by atoms with Gasteiger partial charge < -0.3 is 20.3 Å². The van der Waals surface area contributed by atoms with Crippen LogP contribution in [-0.2, 0) is 11.3 Å². The molecule has 4 rings (SSSR count). The Balaban J connectivity index is 1.14. The summed E-state index contributed by atoms with van der Waals surface area (Å²) in [6.45, 7) is 3.28. The molecule has 2 aromatic carbocycles. The van der Waals surface area contributed by atoms with Crippen LogP contribution in [0.25, 0.3) is 10.9 Å². The van der Waals surface area contributed by atoms with Crippen molar-refractivity contribution < 1.29 is 4.74 Å². The molecule has 2 N–H and O–H groups in total. The van der Waals surface area contributed by atoms with Gasteiger partial charge >= 0.3 is 0 Å². The summed E-state index contributed by atoms with van der Waals surface area (Å²) in [5.41, 5.74) is 2.20. The van der Waals surface area contributed by atoms with Crippen molar-refractivity contribution >= 4 is 22.7 Å². The number of para-hydroxylation sites is 1. The second-order valence-corrected chi connectivity index (χ2v) is 9.27. The molecule has 0 bridgehead atoms. The van der Waals surface area contributed by atoms with E-state index in [4.69, 9.17) is 14.7 Å². The van der Waals surface area contributed by atoms with E-state index in [1.807, 2.05) is 44.4 Å². The average Bonchev–Trinajstić information content (AvgIpc) is 2.86. The normalized spacial score (nSPS) is 18.4. The molecule has 34 heavy (non-hydrogen) atoms. The first-order valence-electron chi connectivity index (χ1n) is 12.4. The number of hydrogen-bond donors (Lipinski definition) is 2. The van der Waals surface area contributed by atoms with Crippen molar-refractivity contribution in [3.05, 3.63) is 72.3 Å². The lowest BCUT2D eigenvalue weighted by Gasteiger charge is -2.29. The van der Waals surface area contributed by atoms with Gasteiger partial charge in [0.15, 0.2) is 0 Å². The molecule has 1 saturated carbocycles. The van der Waals surface area contributed by atoms with E-state index in [1.165, 1.54) is 18.4 Å². The minimum Gasteiger partial charge on any atom is -0.373 e. The lowest BCUT2D eigenvalue weighted by atomic mass is 9.86. The highest BCUT2D eigenvalue weighted by Crippen LogP contribution is 2.28. The van der Waals surface area contributed by atoms with Crippen LogP contribution in [0, 0.1) is 5.92 Å². The molecule has 6 heteroatoms. The zero-order chi connectivity index (χ0) is 23.6. The Bertz CT molecular complexity index is 1050. The van der Waals surface area contributed by atoms with E-state index in [-0.39, 0.29) is 0 Å². The van der Waals surface area contributed by atoms with E-state index in [0.717, 1.165) is 54.5 Å². The van der Waals surface area contributed by atoms with Gasteiger partial charge in [-0.15, -0.1) is 0 Å². The summed E-state index contributed by atoms with van der Waals surface area (Å²) < 4.78 is 5.69. The maximum atomic E-state index is 5.69. The molecule has 1 heterocycles. The number of rotatable bonds is 11. The third-order valence-corrected chi connectivity index (χ3v) is 6.37. The molecule has 1 aliphatic rings. The highest BCUT2D eigenvalue weighted by molar-refractivity contribution is 5.90. The highest BCUT2D eigenvalue weighted by atomic mass is 16.5. The zero-order valence-corrected chi connectivity index (χ0v) is 20.4. The van der Waals surface area contributed by atoms with Crippen LogP contribution in [0.5, 0.6) is 0 Å². The zero-order valence-electron chi connectivity index (χ0n) is 20.4. The van der Waals surface area contributed by atoms with E-state index >= 15 is 0 Å². The molecule has 1 aliphatic carbocycles. The van der Waals surface area contributed by atoms with Gasteiger partial charge in [-0.1, -0.05) is 54.6 Å². The third-order valence-electron chi connectivity index (χ3n) is 6.37. The summed E-state index contributed by atoms with van der Waals surface area (Å²) in [6.07, 6.45) is 9.03. The molecule has 1 fully saturated rings. The standard InChI is InChI=1S/C28H37N5O/c1-33(2)27-25-12-6-7-13-26(25)31-28(32-27)30-24-16-14-22(15-17-24)20-29-18-8-9-19-34-21-23-10-4-3-5-11-23/h3-13,22,24,29H,14-21H2,1-2H3,(H,30,31,32)/b9-8+. The Morgan fingerprint density at radius 2 is 1.71 bits per heavy atom. The van der Waals surface area contributed by atoms with Crippen LogP contribution in [0.2, 0.25) is 0 Å². The number of anilines is 2. The van der Waals surface area contributed by atoms with Crippen molar-refractivity contribution in [3.8, 4) is 0 Å². The van der Waals surface area contributed by atoms with Gasteiger partial charge in [0.25, 0.3) is 0 Å². The average molecular weight is 460 g/mol. The topological polar surface area (TPSA) is 62.3 Å². The SMILES string of the molecule is CN(C)c1nc(NC2CCC(CNC/C=C/COCc3ccccc3)CC2)nc2ccccc12. The van der Waals surface area contributed by atoms with Crippen molar-refractivity contribution in [2.75, 3.05) is 44.0 Å². The van der Waals surface area contributed by atoms with Crippen molar-refractivity contribution in [3.63, 3.8) is 0 Å². The van der Waals surface area contributed by atoms with Crippen molar-refractivity contribution in [1.29, 1.82) is 0 Å². The molecular formula is C28H37N5O.